The Morgan fingerprint density at radius 1 is 1.20 bits per heavy atom. The molecule has 0 amide bonds. The third kappa shape index (κ3) is 6.00. The van der Waals surface area contributed by atoms with E-state index in [2.05, 4.69) is 39.5 Å². The van der Waals surface area contributed by atoms with E-state index in [0.29, 0.717) is 18.5 Å². The van der Waals surface area contributed by atoms with E-state index < -0.39 is 11.7 Å². The van der Waals surface area contributed by atoms with Gasteiger partial charge in [-0.05, 0) is 38.6 Å². The van der Waals surface area contributed by atoms with Crippen molar-refractivity contribution >= 4 is 29.9 Å². The Balaban J connectivity index is 0.00000320. The maximum Gasteiger partial charge on any atom is 0.416 e. The molecule has 170 valence electrons. The Kier molecular flexibility index (Phi) is 8.81. The molecule has 0 bridgehead atoms. The smallest absolute Gasteiger partial charge is 0.356 e. The number of hydrogen-bond acceptors (Lipinski definition) is 3. The van der Waals surface area contributed by atoms with Crippen molar-refractivity contribution in [2.75, 3.05) is 53.9 Å². The van der Waals surface area contributed by atoms with Gasteiger partial charge in [-0.1, -0.05) is 24.6 Å². The summed E-state index contributed by atoms with van der Waals surface area (Å²) in [5.41, 5.74) is -0.0795. The van der Waals surface area contributed by atoms with Gasteiger partial charge in [0.05, 0.1) is 5.56 Å². The van der Waals surface area contributed by atoms with E-state index in [-0.39, 0.29) is 29.4 Å². The summed E-state index contributed by atoms with van der Waals surface area (Å²) in [6.45, 7) is 4.45. The highest BCUT2D eigenvalue weighted by molar-refractivity contribution is 14.0. The Bertz CT molecular complexity index is 721. The zero-order chi connectivity index (χ0) is 21.1. The summed E-state index contributed by atoms with van der Waals surface area (Å²) >= 11 is 0. The molecule has 9 heteroatoms. The molecule has 1 saturated heterocycles. The lowest BCUT2D eigenvalue weighted by Gasteiger charge is -2.43. The Morgan fingerprint density at radius 2 is 1.93 bits per heavy atom. The first-order valence-electron chi connectivity index (χ1n) is 10.2. The van der Waals surface area contributed by atoms with Gasteiger partial charge in [0, 0.05) is 51.2 Å². The van der Waals surface area contributed by atoms with E-state index in [0.717, 1.165) is 57.1 Å². The van der Waals surface area contributed by atoms with Gasteiger partial charge in [0.15, 0.2) is 5.96 Å². The van der Waals surface area contributed by atoms with Crippen molar-refractivity contribution in [2.45, 2.75) is 36.9 Å². The van der Waals surface area contributed by atoms with Gasteiger partial charge in [-0.2, -0.15) is 13.2 Å². The first kappa shape index (κ1) is 25.2. The van der Waals surface area contributed by atoms with Gasteiger partial charge in [0.1, 0.15) is 0 Å². The molecule has 1 aromatic carbocycles. The Labute approximate surface area is 194 Å². The molecular formula is C21H33F3IN5. The van der Waals surface area contributed by atoms with E-state index in [1.807, 2.05) is 6.07 Å². The zero-order valence-corrected chi connectivity index (χ0v) is 20.3. The lowest BCUT2D eigenvalue weighted by Crippen LogP contribution is -2.56. The van der Waals surface area contributed by atoms with Crippen molar-refractivity contribution in [1.29, 1.82) is 0 Å². The van der Waals surface area contributed by atoms with Crippen LogP contribution in [0.3, 0.4) is 0 Å². The quantitative estimate of drug-likeness (QED) is 0.343. The molecule has 2 N–H and O–H groups in total. The van der Waals surface area contributed by atoms with E-state index in [1.165, 1.54) is 12.1 Å². The van der Waals surface area contributed by atoms with Crippen LogP contribution >= 0.6 is 24.0 Å². The molecule has 30 heavy (non-hydrogen) atoms. The third-order valence-corrected chi connectivity index (χ3v) is 6.42. The zero-order valence-electron chi connectivity index (χ0n) is 17.9. The van der Waals surface area contributed by atoms with Gasteiger partial charge in [-0.15, -0.1) is 24.0 Å². The van der Waals surface area contributed by atoms with Crippen molar-refractivity contribution in [2.24, 2.45) is 4.99 Å². The summed E-state index contributed by atoms with van der Waals surface area (Å²) in [7, 11) is 5.98. The van der Waals surface area contributed by atoms with Crippen LogP contribution in [0.25, 0.3) is 0 Å². The normalized spacial score (nSPS) is 22.7. The minimum absolute atomic E-state index is 0. The molecular weight excluding hydrogens is 506 g/mol. The molecule has 1 saturated carbocycles. The Hall–Kier alpha value is -1.07. The number of hydrogen-bond donors (Lipinski definition) is 2. The van der Waals surface area contributed by atoms with Crippen LogP contribution in [0.2, 0.25) is 0 Å². The molecule has 2 fully saturated rings. The molecule has 1 heterocycles. The van der Waals surface area contributed by atoms with E-state index >= 15 is 0 Å². The van der Waals surface area contributed by atoms with Crippen molar-refractivity contribution in [3.8, 4) is 0 Å². The molecule has 1 unspecified atom stereocenters. The second-order valence-corrected chi connectivity index (χ2v) is 8.42. The molecule has 2 aliphatic rings. The van der Waals surface area contributed by atoms with E-state index in [9.17, 15) is 13.2 Å². The number of guanidine groups is 1. The van der Waals surface area contributed by atoms with Gasteiger partial charge in [0.2, 0.25) is 0 Å². The van der Waals surface area contributed by atoms with Crippen molar-refractivity contribution in [1.82, 2.24) is 20.4 Å². The van der Waals surface area contributed by atoms with Crippen molar-refractivity contribution in [3.05, 3.63) is 35.4 Å². The molecule has 0 aromatic heterocycles. The summed E-state index contributed by atoms with van der Waals surface area (Å²) < 4.78 is 39.4. The van der Waals surface area contributed by atoms with Gasteiger partial charge < -0.3 is 15.5 Å². The maximum absolute atomic E-state index is 13.1. The standard InChI is InChI=1S/C21H32F3N5.HI/c1-25-19(26-13-18-14-28(2)10-11-29(18)3)27-15-20(8-5-9-20)16-6-4-7-17(12-16)21(22,23)24;/h4,6-7,12,18H,5,8-11,13-15H2,1-3H3,(H2,25,26,27);1H. The topological polar surface area (TPSA) is 42.9 Å². The second-order valence-electron chi connectivity index (χ2n) is 8.42. The molecule has 0 radical (unpaired) electrons. The maximum atomic E-state index is 13.1. The summed E-state index contributed by atoms with van der Waals surface area (Å²) in [5.74, 6) is 0.699. The van der Waals surface area contributed by atoms with Crippen LogP contribution < -0.4 is 10.6 Å². The first-order chi connectivity index (χ1) is 13.7. The van der Waals surface area contributed by atoms with Crippen LogP contribution in [0.4, 0.5) is 13.2 Å². The number of alkyl halides is 3. The monoisotopic (exact) mass is 539 g/mol. The lowest BCUT2D eigenvalue weighted by molar-refractivity contribution is -0.137. The number of piperazine rings is 1. The van der Waals surface area contributed by atoms with Crippen LogP contribution in [0.1, 0.15) is 30.4 Å². The number of rotatable bonds is 5. The van der Waals surface area contributed by atoms with Crippen LogP contribution in [0.15, 0.2) is 29.3 Å². The van der Waals surface area contributed by atoms with Gasteiger partial charge in [-0.3, -0.25) is 9.89 Å². The first-order valence-corrected chi connectivity index (χ1v) is 10.2. The molecule has 5 nitrogen and oxygen atoms in total. The summed E-state index contributed by atoms with van der Waals surface area (Å²) in [5, 5.41) is 6.75. The minimum Gasteiger partial charge on any atom is -0.356 e. The summed E-state index contributed by atoms with van der Waals surface area (Å²) in [6.07, 6.45) is -1.52. The average molecular weight is 539 g/mol. The molecule has 0 spiro atoms. The van der Waals surface area contributed by atoms with Gasteiger partial charge in [0.25, 0.3) is 0 Å². The SMILES string of the molecule is CN=C(NCC1CN(C)CCN1C)NCC1(c2cccc(C(F)(F)F)c2)CCC1.I. The molecule has 3 rings (SSSR count). The fourth-order valence-corrected chi connectivity index (χ4v) is 4.21. The van der Waals surface area contributed by atoms with Crippen molar-refractivity contribution < 1.29 is 13.2 Å². The van der Waals surface area contributed by atoms with Crippen LogP contribution in [0.5, 0.6) is 0 Å². The second kappa shape index (κ2) is 10.5. The number of aliphatic imine (C=N–C) groups is 1. The number of halogens is 4. The number of nitrogens with zero attached hydrogens (tertiary/aromatic N) is 3. The Morgan fingerprint density at radius 3 is 2.53 bits per heavy atom. The molecule has 1 aromatic rings. The van der Waals surface area contributed by atoms with Crippen LogP contribution in [-0.4, -0.2) is 75.7 Å². The number of nitrogens with one attached hydrogen (secondary N) is 2. The highest BCUT2D eigenvalue weighted by Gasteiger charge is 2.40. The predicted molar refractivity (Wildman–Crippen MR) is 126 cm³/mol. The van der Waals surface area contributed by atoms with Gasteiger partial charge in [-0.25, -0.2) is 0 Å². The number of benzene rings is 1. The highest BCUT2D eigenvalue weighted by Crippen LogP contribution is 2.44. The fourth-order valence-electron chi connectivity index (χ4n) is 4.21. The molecule has 1 aliphatic carbocycles. The fraction of sp³-hybridized carbons (Fsp3) is 0.667. The number of likely N-dealkylation sites (N-methyl/N-ethyl adjacent to an activating group) is 2. The minimum atomic E-state index is -4.31. The van der Waals surface area contributed by atoms with E-state index in [4.69, 9.17) is 0 Å². The molecule has 1 aliphatic heterocycles. The molecule has 1 atom stereocenters. The average Bonchev–Trinajstić information content (AvgIpc) is 2.65. The summed E-state index contributed by atoms with van der Waals surface area (Å²) in [4.78, 5) is 8.97. The van der Waals surface area contributed by atoms with Crippen LogP contribution in [0, 0.1) is 0 Å². The van der Waals surface area contributed by atoms with Gasteiger partial charge >= 0.3 is 6.18 Å². The third-order valence-electron chi connectivity index (χ3n) is 6.42. The van der Waals surface area contributed by atoms with E-state index in [1.54, 1.807) is 7.05 Å². The highest BCUT2D eigenvalue weighted by atomic mass is 127. The summed E-state index contributed by atoms with van der Waals surface area (Å²) in [6, 6.07) is 6.18. The lowest BCUT2D eigenvalue weighted by atomic mass is 9.64. The largest absolute Gasteiger partial charge is 0.416 e. The van der Waals surface area contributed by atoms with Crippen molar-refractivity contribution in [3.63, 3.8) is 0 Å². The predicted octanol–water partition coefficient (Wildman–Crippen LogP) is 3.16. The van der Waals surface area contributed by atoms with Crippen LogP contribution in [-0.2, 0) is 11.6 Å².